The van der Waals surface area contributed by atoms with Gasteiger partial charge in [-0.3, -0.25) is 14.8 Å². The van der Waals surface area contributed by atoms with E-state index in [0.29, 0.717) is 12.4 Å². The number of aromatic nitrogens is 2. The lowest BCUT2D eigenvalue weighted by Gasteiger charge is -2.13. The summed E-state index contributed by atoms with van der Waals surface area (Å²) in [5.41, 5.74) is 0.104. The third kappa shape index (κ3) is 2.55. The summed E-state index contributed by atoms with van der Waals surface area (Å²) in [4.78, 5) is 10.3. The first-order chi connectivity index (χ1) is 8.06. The number of anilines is 1. The normalized spacial score (nSPS) is 16.8. The van der Waals surface area contributed by atoms with E-state index < -0.39 is 4.92 Å². The molecule has 17 heavy (non-hydrogen) atoms. The lowest BCUT2D eigenvalue weighted by atomic mass is 10.0. The Morgan fingerprint density at radius 3 is 2.94 bits per heavy atom. The smallest absolute Gasteiger partial charge is 0.330 e. The molecule has 0 aromatic carbocycles. The van der Waals surface area contributed by atoms with E-state index in [2.05, 4.69) is 10.4 Å². The van der Waals surface area contributed by atoms with E-state index in [1.165, 1.54) is 10.9 Å². The predicted octanol–water partition coefficient (Wildman–Crippen LogP) is 0.903. The highest BCUT2D eigenvalue weighted by atomic mass is 16.6. The summed E-state index contributed by atoms with van der Waals surface area (Å²) >= 11 is 0. The molecule has 2 N–H and O–H groups in total. The maximum absolute atomic E-state index is 10.8. The highest BCUT2D eigenvalue weighted by molar-refractivity contribution is 5.54. The van der Waals surface area contributed by atoms with Crippen molar-refractivity contribution in [3.8, 4) is 0 Å². The van der Waals surface area contributed by atoms with Gasteiger partial charge in [-0.15, -0.1) is 5.10 Å². The summed E-state index contributed by atoms with van der Waals surface area (Å²) in [6.07, 6.45) is 4.23. The van der Waals surface area contributed by atoms with E-state index >= 15 is 0 Å². The zero-order chi connectivity index (χ0) is 12.5. The van der Waals surface area contributed by atoms with Crippen LogP contribution in [0.15, 0.2) is 6.20 Å². The van der Waals surface area contributed by atoms with Crippen LogP contribution in [0.1, 0.15) is 19.3 Å². The molecule has 1 aliphatic carbocycles. The van der Waals surface area contributed by atoms with E-state index in [0.717, 1.165) is 19.3 Å². The van der Waals surface area contributed by atoms with Crippen molar-refractivity contribution in [3.63, 3.8) is 0 Å². The quantitative estimate of drug-likeness (QED) is 0.569. The molecule has 7 nitrogen and oxygen atoms in total. The van der Waals surface area contributed by atoms with Gasteiger partial charge in [0, 0.05) is 20.2 Å². The molecule has 0 unspecified atom stereocenters. The highest BCUT2D eigenvalue weighted by Gasteiger charge is 2.42. The summed E-state index contributed by atoms with van der Waals surface area (Å²) in [6.45, 7) is 0.789. The zero-order valence-corrected chi connectivity index (χ0v) is 9.72. The molecule has 0 radical (unpaired) electrons. The van der Waals surface area contributed by atoms with Crippen LogP contribution in [-0.2, 0) is 7.05 Å². The molecule has 0 saturated heterocycles. The van der Waals surface area contributed by atoms with Crippen LogP contribution in [-0.4, -0.2) is 33.0 Å². The van der Waals surface area contributed by atoms with E-state index in [4.69, 9.17) is 5.11 Å². The average Bonchev–Trinajstić information content (AvgIpc) is 2.92. The number of rotatable bonds is 6. The van der Waals surface area contributed by atoms with E-state index in [-0.39, 0.29) is 17.7 Å². The maximum Gasteiger partial charge on any atom is 0.330 e. The Morgan fingerprint density at radius 1 is 1.71 bits per heavy atom. The number of aliphatic hydroxyl groups excluding tert-OH is 1. The van der Waals surface area contributed by atoms with Crippen molar-refractivity contribution >= 4 is 11.5 Å². The predicted molar refractivity (Wildman–Crippen MR) is 61.7 cm³/mol. The Balaban J connectivity index is 2.01. The molecule has 2 rings (SSSR count). The first kappa shape index (κ1) is 11.8. The number of nitrogens with one attached hydrogen (secondary N) is 1. The number of nitrogens with zero attached hydrogens (tertiary/aromatic N) is 3. The van der Waals surface area contributed by atoms with Gasteiger partial charge in [-0.1, -0.05) is 0 Å². The van der Waals surface area contributed by atoms with Gasteiger partial charge in [0.2, 0.25) is 5.82 Å². The first-order valence-electron chi connectivity index (χ1n) is 5.59. The van der Waals surface area contributed by atoms with E-state index in [1.54, 1.807) is 7.05 Å². The van der Waals surface area contributed by atoms with Crippen LogP contribution >= 0.6 is 0 Å². The van der Waals surface area contributed by atoms with Crippen molar-refractivity contribution in [3.05, 3.63) is 16.3 Å². The molecule has 1 heterocycles. The molecule has 0 aliphatic heterocycles. The third-order valence-corrected chi connectivity index (χ3v) is 3.24. The Kier molecular flexibility index (Phi) is 3.01. The lowest BCUT2D eigenvalue weighted by Crippen LogP contribution is -2.17. The summed E-state index contributed by atoms with van der Waals surface area (Å²) in [5, 5.41) is 26.7. The van der Waals surface area contributed by atoms with Gasteiger partial charge >= 0.3 is 5.69 Å². The summed E-state index contributed by atoms with van der Waals surface area (Å²) in [5.74, 6) is 0.307. The van der Waals surface area contributed by atoms with Gasteiger partial charge in [0.1, 0.15) is 6.20 Å². The van der Waals surface area contributed by atoms with Gasteiger partial charge in [-0.05, 0) is 24.7 Å². The van der Waals surface area contributed by atoms with Crippen molar-refractivity contribution < 1.29 is 10.0 Å². The molecule has 7 heteroatoms. The molecule has 1 fully saturated rings. The highest BCUT2D eigenvalue weighted by Crippen LogP contribution is 2.48. The van der Waals surface area contributed by atoms with Crippen LogP contribution in [0.25, 0.3) is 0 Å². The first-order valence-corrected chi connectivity index (χ1v) is 5.59. The molecule has 1 aromatic rings. The molecule has 94 valence electrons. The molecule has 1 aromatic heterocycles. The standard InChI is InChI=1S/C10H16N4O3/c1-13-6-8(14(16)17)9(12-13)11-7-10(2-3-10)4-5-15/h6,15H,2-5,7H2,1H3,(H,11,12). The summed E-state index contributed by atoms with van der Waals surface area (Å²) in [6, 6.07) is 0. The minimum absolute atomic E-state index is 0.00713. The lowest BCUT2D eigenvalue weighted by molar-refractivity contribution is -0.384. The molecule has 0 spiro atoms. The fraction of sp³-hybridized carbons (Fsp3) is 0.700. The zero-order valence-electron chi connectivity index (χ0n) is 9.72. The van der Waals surface area contributed by atoms with Gasteiger partial charge in [-0.25, -0.2) is 0 Å². The van der Waals surface area contributed by atoms with Crippen LogP contribution in [0.5, 0.6) is 0 Å². The van der Waals surface area contributed by atoms with E-state index in [1.807, 2.05) is 0 Å². The molecule has 0 amide bonds. The number of aliphatic hydroxyl groups is 1. The van der Waals surface area contributed by atoms with Gasteiger partial charge in [-0.2, -0.15) is 0 Å². The van der Waals surface area contributed by atoms with Crippen molar-refractivity contribution in [1.29, 1.82) is 0 Å². The second-order valence-corrected chi connectivity index (χ2v) is 4.62. The molecule has 0 atom stereocenters. The van der Waals surface area contributed by atoms with Crippen LogP contribution in [0.4, 0.5) is 11.5 Å². The number of hydrogen-bond acceptors (Lipinski definition) is 5. The summed E-state index contributed by atoms with van der Waals surface area (Å²) in [7, 11) is 1.65. The Labute approximate surface area is 98.6 Å². The van der Waals surface area contributed by atoms with Gasteiger partial charge in [0.05, 0.1) is 4.92 Å². The average molecular weight is 240 g/mol. The molecule has 1 aliphatic rings. The topological polar surface area (TPSA) is 93.2 Å². The Morgan fingerprint density at radius 2 is 2.41 bits per heavy atom. The van der Waals surface area contributed by atoms with Crippen LogP contribution in [0, 0.1) is 15.5 Å². The number of hydrogen-bond donors (Lipinski definition) is 2. The molecular weight excluding hydrogens is 224 g/mol. The largest absolute Gasteiger partial charge is 0.396 e. The molecular formula is C10H16N4O3. The Bertz CT molecular complexity index is 425. The number of nitro groups is 1. The second-order valence-electron chi connectivity index (χ2n) is 4.62. The van der Waals surface area contributed by atoms with Crippen molar-refractivity contribution in [2.24, 2.45) is 12.5 Å². The minimum atomic E-state index is -0.444. The number of aryl methyl sites for hydroxylation is 1. The van der Waals surface area contributed by atoms with Crippen LogP contribution in [0.2, 0.25) is 0 Å². The monoisotopic (exact) mass is 240 g/mol. The van der Waals surface area contributed by atoms with Crippen LogP contribution < -0.4 is 5.32 Å². The van der Waals surface area contributed by atoms with Crippen molar-refractivity contribution in [1.82, 2.24) is 9.78 Å². The second kappa shape index (κ2) is 4.33. The SMILES string of the molecule is Cn1cc([N+](=O)[O-])c(NCC2(CCO)CC2)n1. The minimum Gasteiger partial charge on any atom is -0.396 e. The third-order valence-electron chi connectivity index (χ3n) is 3.24. The van der Waals surface area contributed by atoms with Gasteiger partial charge < -0.3 is 10.4 Å². The molecule has 1 saturated carbocycles. The fourth-order valence-electron chi connectivity index (χ4n) is 1.94. The Hall–Kier alpha value is -1.63. The van der Waals surface area contributed by atoms with Crippen molar-refractivity contribution in [2.45, 2.75) is 19.3 Å². The van der Waals surface area contributed by atoms with Crippen LogP contribution in [0.3, 0.4) is 0 Å². The van der Waals surface area contributed by atoms with Gasteiger partial charge in [0.25, 0.3) is 0 Å². The maximum atomic E-state index is 10.8. The van der Waals surface area contributed by atoms with Gasteiger partial charge in [0.15, 0.2) is 0 Å². The molecule has 0 bridgehead atoms. The summed E-state index contributed by atoms with van der Waals surface area (Å²) < 4.78 is 1.42. The van der Waals surface area contributed by atoms with Crippen molar-refractivity contribution in [2.75, 3.05) is 18.5 Å². The fourth-order valence-corrected chi connectivity index (χ4v) is 1.94. The van der Waals surface area contributed by atoms with E-state index in [9.17, 15) is 10.1 Å².